The van der Waals surface area contributed by atoms with E-state index in [2.05, 4.69) is 0 Å². The summed E-state index contributed by atoms with van der Waals surface area (Å²) in [7, 11) is 0. The van der Waals surface area contributed by atoms with E-state index in [-0.39, 0.29) is 42.8 Å². The Morgan fingerprint density at radius 3 is 2.39 bits per heavy atom. The third-order valence-corrected chi connectivity index (χ3v) is 5.98. The molecule has 2 aliphatic rings. The van der Waals surface area contributed by atoms with Crippen LogP contribution in [0.4, 0.5) is 26.3 Å². The summed E-state index contributed by atoms with van der Waals surface area (Å²) in [6.07, 6.45) is -4.43. The molecule has 0 spiro atoms. The molecule has 1 aliphatic carbocycles. The number of carboxylic acid groups (broad SMARTS) is 1. The molecule has 1 saturated heterocycles. The maximum Gasteiger partial charge on any atom is 0.416 e. The van der Waals surface area contributed by atoms with Crippen LogP contribution in [0, 0.1) is 11.8 Å². The third kappa shape index (κ3) is 5.90. The van der Waals surface area contributed by atoms with Gasteiger partial charge in [-0.15, -0.1) is 0 Å². The molecule has 1 unspecified atom stereocenters. The van der Waals surface area contributed by atoms with Crippen LogP contribution >= 0.6 is 0 Å². The number of halogens is 6. The minimum atomic E-state index is -4.51. The van der Waals surface area contributed by atoms with Crippen molar-refractivity contribution < 1.29 is 36.2 Å². The van der Waals surface area contributed by atoms with E-state index in [9.17, 15) is 31.1 Å². The number of hydrogen-bond donors (Lipinski definition) is 1. The van der Waals surface area contributed by atoms with Crippen molar-refractivity contribution in [1.29, 1.82) is 0 Å². The molecule has 1 aliphatic heterocycles. The Hall–Kier alpha value is -2.29. The summed E-state index contributed by atoms with van der Waals surface area (Å²) in [4.78, 5) is 13.0. The van der Waals surface area contributed by atoms with E-state index in [0.717, 1.165) is 18.2 Å². The van der Waals surface area contributed by atoms with Crippen LogP contribution in [0.1, 0.15) is 36.8 Å². The highest BCUT2D eigenvalue weighted by Gasteiger charge is 2.39. The molecule has 9 heteroatoms. The lowest BCUT2D eigenvalue weighted by atomic mass is 9.79. The van der Waals surface area contributed by atoms with E-state index in [1.54, 1.807) is 0 Å². The van der Waals surface area contributed by atoms with Gasteiger partial charge in [-0.3, -0.25) is 9.69 Å². The molecule has 0 aromatic heterocycles. The minimum absolute atomic E-state index is 0.000321. The number of alkyl halides is 6. The molecule has 0 amide bonds. The molecule has 31 heavy (non-hydrogen) atoms. The van der Waals surface area contributed by atoms with Crippen molar-refractivity contribution >= 4 is 5.97 Å². The van der Waals surface area contributed by atoms with E-state index < -0.39 is 29.5 Å². The predicted octanol–water partition coefficient (Wildman–Crippen LogP) is 5.83. The molecule has 170 valence electrons. The van der Waals surface area contributed by atoms with Crippen molar-refractivity contribution in [2.45, 2.75) is 50.6 Å². The third-order valence-electron chi connectivity index (χ3n) is 5.98. The summed E-state index contributed by atoms with van der Waals surface area (Å²) in [5.74, 6) is -1.46. The van der Waals surface area contributed by atoms with Gasteiger partial charge in [0.2, 0.25) is 0 Å². The average molecular weight is 447 g/mol. The fourth-order valence-corrected chi connectivity index (χ4v) is 4.48. The Kier molecular flexibility index (Phi) is 6.83. The van der Waals surface area contributed by atoms with Crippen molar-refractivity contribution in [3.8, 4) is 0 Å². The number of aliphatic carboxylic acids is 1. The van der Waals surface area contributed by atoms with Crippen LogP contribution in [-0.2, 0) is 17.5 Å². The van der Waals surface area contributed by atoms with Crippen molar-refractivity contribution in [3.63, 3.8) is 0 Å². The van der Waals surface area contributed by atoms with Gasteiger partial charge in [0.15, 0.2) is 0 Å². The van der Waals surface area contributed by atoms with Crippen LogP contribution in [0.5, 0.6) is 0 Å². The molecule has 1 N–H and O–H groups in total. The molecule has 1 fully saturated rings. The minimum Gasteiger partial charge on any atom is -0.481 e. The SMILES string of the molecule is O=C(O)C[C@H]1CCN(Cc2ccccc2C(F)(F)F)[C@@H](C2C=CC(C(F)(F)F)=CC2)C1. The summed E-state index contributed by atoms with van der Waals surface area (Å²) in [5.41, 5.74) is -1.38. The number of nitrogens with zero attached hydrogens (tertiary/aromatic N) is 1. The highest BCUT2D eigenvalue weighted by molar-refractivity contribution is 5.67. The predicted molar refractivity (Wildman–Crippen MR) is 102 cm³/mol. The first-order valence-electron chi connectivity index (χ1n) is 10.0. The van der Waals surface area contributed by atoms with Gasteiger partial charge in [0.05, 0.1) is 11.1 Å². The first-order valence-corrected chi connectivity index (χ1v) is 10.0. The Bertz CT molecular complexity index is 858. The maximum atomic E-state index is 13.4. The van der Waals surface area contributed by atoms with Gasteiger partial charge in [0, 0.05) is 19.0 Å². The first kappa shape index (κ1) is 23.4. The van der Waals surface area contributed by atoms with Crippen LogP contribution in [0.2, 0.25) is 0 Å². The fourth-order valence-electron chi connectivity index (χ4n) is 4.48. The summed E-state index contributed by atoms with van der Waals surface area (Å²) < 4.78 is 79.0. The van der Waals surface area contributed by atoms with Crippen LogP contribution < -0.4 is 0 Å². The van der Waals surface area contributed by atoms with E-state index in [1.165, 1.54) is 24.3 Å². The standard InChI is InChI=1S/C22H23F6NO2/c23-21(24,25)17-7-5-15(6-8-17)19-11-14(12-20(30)31)9-10-29(19)13-16-3-1-2-4-18(16)22(26,27)28/h1-5,7-8,14-15,19H,6,9-13H2,(H,30,31)/t14-,15?,19+/m0/s1. The lowest BCUT2D eigenvalue weighted by Crippen LogP contribution is -2.46. The zero-order valence-electron chi connectivity index (χ0n) is 16.6. The molecule has 0 saturated carbocycles. The maximum absolute atomic E-state index is 13.4. The lowest BCUT2D eigenvalue weighted by molar-refractivity contribution is -0.140. The quantitative estimate of drug-likeness (QED) is 0.578. The number of benzene rings is 1. The topological polar surface area (TPSA) is 40.5 Å². The van der Waals surface area contributed by atoms with Gasteiger partial charge in [0.1, 0.15) is 0 Å². The van der Waals surface area contributed by atoms with Crippen molar-refractivity contribution in [2.24, 2.45) is 11.8 Å². The van der Waals surface area contributed by atoms with Gasteiger partial charge in [-0.2, -0.15) is 26.3 Å². The highest BCUT2D eigenvalue weighted by Crippen LogP contribution is 2.39. The van der Waals surface area contributed by atoms with E-state index in [1.807, 2.05) is 4.90 Å². The molecule has 0 radical (unpaired) electrons. The number of piperidine rings is 1. The number of carbonyl (C=O) groups is 1. The first-order chi connectivity index (χ1) is 14.4. The normalized spacial score (nSPS) is 25.4. The summed E-state index contributed by atoms with van der Waals surface area (Å²) >= 11 is 0. The molecule has 1 aromatic rings. The van der Waals surface area contributed by atoms with Crippen LogP contribution in [0.3, 0.4) is 0 Å². The summed E-state index contributed by atoms with van der Waals surface area (Å²) in [5, 5.41) is 9.13. The lowest BCUT2D eigenvalue weighted by Gasteiger charge is -2.43. The van der Waals surface area contributed by atoms with Gasteiger partial charge in [-0.05, 0) is 49.3 Å². The van der Waals surface area contributed by atoms with Gasteiger partial charge in [0.25, 0.3) is 0 Å². The van der Waals surface area contributed by atoms with E-state index in [0.29, 0.717) is 19.4 Å². The molecule has 3 nitrogen and oxygen atoms in total. The Morgan fingerprint density at radius 2 is 1.81 bits per heavy atom. The molecule has 0 bridgehead atoms. The molecule has 1 heterocycles. The van der Waals surface area contributed by atoms with Gasteiger partial charge in [-0.1, -0.05) is 36.4 Å². The fraction of sp³-hybridized carbons (Fsp3) is 0.500. The second kappa shape index (κ2) is 9.06. The number of likely N-dealkylation sites (tertiary alicyclic amines) is 1. The zero-order chi connectivity index (χ0) is 22.8. The van der Waals surface area contributed by atoms with Crippen molar-refractivity contribution in [3.05, 3.63) is 59.2 Å². The number of allylic oxidation sites excluding steroid dienone is 3. The Labute approximate surface area is 176 Å². The molecule has 3 atom stereocenters. The molecular weight excluding hydrogens is 424 g/mol. The second-order valence-corrected chi connectivity index (χ2v) is 8.10. The Balaban J connectivity index is 1.83. The van der Waals surface area contributed by atoms with Crippen LogP contribution in [-0.4, -0.2) is 34.7 Å². The summed E-state index contributed by atoms with van der Waals surface area (Å²) in [6, 6.07) is 4.91. The average Bonchev–Trinajstić information content (AvgIpc) is 2.68. The Morgan fingerprint density at radius 1 is 1.10 bits per heavy atom. The van der Waals surface area contributed by atoms with Crippen molar-refractivity contribution in [1.82, 2.24) is 4.90 Å². The molecular formula is C22H23F6NO2. The van der Waals surface area contributed by atoms with Crippen LogP contribution in [0.15, 0.2) is 48.1 Å². The molecule has 3 rings (SSSR count). The zero-order valence-corrected chi connectivity index (χ0v) is 16.6. The highest BCUT2D eigenvalue weighted by atomic mass is 19.4. The molecule has 1 aromatic carbocycles. The van der Waals surface area contributed by atoms with Gasteiger partial charge < -0.3 is 5.11 Å². The number of hydrogen-bond acceptors (Lipinski definition) is 2. The number of carboxylic acids is 1. The van der Waals surface area contributed by atoms with Crippen molar-refractivity contribution in [2.75, 3.05) is 6.54 Å². The largest absolute Gasteiger partial charge is 0.481 e. The van der Waals surface area contributed by atoms with Gasteiger partial charge >= 0.3 is 18.3 Å². The summed E-state index contributed by atoms with van der Waals surface area (Å²) in [6.45, 7) is 0.384. The monoisotopic (exact) mass is 447 g/mol. The number of rotatable bonds is 5. The second-order valence-electron chi connectivity index (χ2n) is 8.10. The van der Waals surface area contributed by atoms with Gasteiger partial charge in [-0.25, -0.2) is 0 Å². The van der Waals surface area contributed by atoms with Crippen LogP contribution in [0.25, 0.3) is 0 Å². The smallest absolute Gasteiger partial charge is 0.416 e. The van der Waals surface area contributed by atoms with E-state index in [4.69, 9.17) is 5.11 Å². The van der Waals surface area contributed by atoms with E-state index >= 15 is 0 Å².